The number of hydrogen-bond acceptors (Lipinski definition) is 6. The number of carbonyl (C=O) groups is 2. The van der Waals surface area contributed by atoms with Crippen LogP contribution in [0.4, 0.5) is 4.39 Å². The number of aryl methyl sites for hydroxylation is 1. The zero-order chi connectivity index (χ0) is 25.9. The van der Waals surface area contributed by atoms with Crippen molar-refractivity contribution in [1.82, 2.24) is 4.90 Å². The van der Waals surface area contributed by atoms with Crippen LogP contribution >= 0.6 is 11.8 Å². The van der Waals surface area contributed by atoms with Crippen molar-refractivity contribution in [2.24, 2.45) is 0 Å². The topological polar surface area (TPSA) is 65.1 Å². The van der Waals surface area contributed by atoms with Crippen molar-refractivity contribution in [3.05, 3.63) is 89.2 Å². The number of nitrogens with zero attached hydrogens (tertiary/aromatic N) is 1. The number of rotatable bonds is 8. The standard InChI is InChI=1S/C28H28FNO5S/c1-18-5-13-23(14-6-18)36-28(27(32)35-4)16-25(31)30(26(28)19-7-10-21(29)11-8-19)17-20-9-12-22(33-2)15-24(20)34-3/h5-15,26H,16-17H2,1-4H3. The first-order chi connectivity index (χ1) is 17.3. The summed E-state index contributed by atoms with van der Waals surface area (Å²) in [5.41, 5.74) is 2.47. The zero-order valence-electron chi connectivity index (χ0n) is 20.6. The number of benzene rings is 3. The van der Waals surface area contributed by atoms with Gasteiger partial charge in [-0.3, -0.25) is 9.59 Å². The van der Waals surface area contributed by atoms with Gasteiger partial charge >= 0.3 is 5.97 Å². The van der Waals surface area contributed by atoms with Crippen LogP contribution in [-0.2, 0) is 20.9 Å². The molecule has 4 rings (SSSR count). The number of thioether (sulfide) groups is 1. The quantitative estimate of drug-likeness (QED) is 0.383. The van der Waals surface area contributed by atoms with Crippen LogP contribution in [0.15, 0.2) is 71.6 Å². The lowest BCUT2D eigenvalue weighted by Gasteiger charge is -2.35. The molecule has 8 heteroatoms. The molecule has 6 nitrogen and oxygen atoms in total. The smallest absolute Gasteiger partial charge is 0.325 e. The maximum Gasteiger partial charge on any atom is 0.325 e. The van der Waals surface area contributed by atoms with Crippen LogP contribution in [0.2, 0.25) is 0 Å². The molecule has 0 spiro atoms. The molecule has 1 fully saturated rings. The molecule has 0 bridgehead atoms. The Hall–Kier alpha value is -3.52. The third-order valence-electron chi connectivity index (χ3n) is 6.36. The van der Waals surface area contributed by atoms with Gasteiger partial charge in [-0.2, -0.15) is 0 Å². The van der Waals surface area contributed by atoms with Gasteiger partial charge in [0.15, 0.2) is 4.75 Å². The van der Waals surface area contributed by atoms with Gasteiger partial charge in [0.1, 0.15) is 17.3 Å². The summed E-state index contributed by atoms with van der Waals surface area (Å²) in [7, 11) is 4.44. The Balaban J connectivity index is 1.83. The molecule has 1 saturated heterocycles. The predicted octanol–water partition coefficient (Wildman–Crippen LogP) is 5.33. The molecule has 36 heavy (non-hydrogen) atoms. The fraction of sp³-hybridized carbons (Fsp3) is 0.286. The normalized spacial score (nSPS) is 19.3. The van der Waals surface area contributed by atoms with Gasteiger partial charge < -0.3 is 19.1 Å². The van der Waals surface area contributed by atoms with E-state index in [9.17, 15) is 14.0 Å². The molecule has 1 heterocycles. The Labute approximate surface area is 214 Å². The van der Waals surface area contributed by atoms with Crippen LogP contribution in [0.1, 0.15) is 29.2 Å². The highest BCUT2D eigenvalue weighted by Gasteiger charge is 2.59. The lowest BCUT2D eigenvalue weighted by atomic mass is 9.92. The van der Waals surface area contributed by atoms with Crippen LogP contribution in [0.25, 0.3) is 0 Å². The first-order valence-corrected chi connectivity index (χ1v) is 12.2. The molecule has 2 atom stereocenters. The summed E-state index contributed by atoms with van der Waals surface area (Å²) in [6.45, 7) is 2.16. The molecule has 2 unspecified atom stereocenters. The number of esters is 1. The largest absolute Gasteiger partial charge is 0.497 e. The van der Waals surface area contributed by atoms with Crippen LogP contribution in [-0.4, -0.2) is 42.9 Å². The van der Waals surface area contributed by atoms with Crippen molar-refractivity contribution in [2.75, 3.05) is 21.3 Å². The maximum absolute atomic E-state index is 13.9. The first-order valence-electron chi connectivity index (χ1n) is 11.4. The minimum Gasteiger partial charge on any atom is -0.497 e. The SMILES string of the molecule is COC(=O)C1(Sc2ccc(C)cc2)CC(=O)N(Cc2ccc(OC)cc2OC)C1c1ccc(F)cc1. The second-order valence-electron chi connectivity index (χ2n) is 8.63. The van der Waals surface area contributed by atoms with E-state index in [4.69, 9.17) is 14.2 Å². The van der Waals surface area contributed by atoms with E-state index >= 15 is 0 Å². The first kappa shape index (κ1) is 25.6. The van der Waals surface area contributed by atoms with E-state index in [0.29, 0.717) is 17.1 Å². The van der Waals surface area contributed by atoms with Gasteiger partial charge in [-0.05, 0) is 48.9 Å². The molecule has 3 aromatic carbocycles. The van der Waals surface area contributed by atoms with E-state index in [1.165, 1.54) is 31.0 Å². The number of amides is 1. The van der Waals surface area contributed by atoms with Crippen molar-refractivity contribution in [3.63, 3.8) is 0 Å². The second kappa shape index (κ2) is 10.6. The third kappa shape index (κ3) is 4.91. The summed E-state index contributed by atoms with van der Waals surface area (Å²) in [5.74, 6) is 0.0486. The molecule has 0 N–H and O–H groups in total. The summed E-state index contributed by atoms with van der Waals surface area (Å²) in [4.78, 5) is 29.5. The molecule has 3 aromatic rings. The maximum atomic E-state index is 13.9. The Morgan fingerprint density at radius 1 is 1.03 bits per heavy atom. The number of ether oxygens (including phenoxy) is 3. The van der Waals surface area contributed by atoms with E-state index in [1.807, 2.05) is 37.3 Å². The number of halogens is 1. The van der Waals surface area contributed by atoms with Crippen molar-refractivity contribution < 1.29 is 28.2 Å². The number of methoxy groups -OCH3 is 3. The molecule has 0 saturated carbocycles. The number of carbonyl (C=O) groups excluding carboxylic acids is 2. The highest BCUT2D eigenvalue weighted by Crippen LogP contribution is 2.54. The molecule has 1 aliphatic heterocycles. The van der Waals surface area contributed by atoms with Gasteiger partial charge in [0.05, 0.1) is 33.8 Å². The lowest BCUT2D eigenvalue weighted by Crippen LogP contribution is -2.42. The summed E-state index contributed by atoms with van der Waals surface area (Å²) < 4.78 is 28.7. The molecule has 0 aliphatic carbocycles. The number of likely N-dealkylation sites (tertiary alicyclic amines) is 1. The van der Waals surface area contributed by atoms with Gasteiger partial charge in [-0.15, -0.1) is 11.8 Å². The molecular formula is C28H28FNO5S. The zero-order valence-corrected chi connectivity index (χ0v) is 21.4. The summed E-state index contributed by atoms with van der Waals surface area (Å²) in [6, 6.07) is 18.3. The Morgan fingerprint density at radius 2 is 1.72 bits per heavy atom. The molecule has 1 aliphatic rings. The summed E-state index contributed by atoms with van der Waals surface area (Å²) >= 11 is 1.30. The van der Waals surface area contributed by atoms with Crippen molar-refractivity contribution >= 4 is 23.6 Å². The summed E-state index contributed by atoms with van der Waals surface area (Å²) in [5, 5.41) is 0. The predicted molar refractivity (Wildman–Crippen MR) is 136 cm³/mol. The van der Waals surface area contributed by atoms with Gasteiger partial charge in [-0.1, -0.05) is 29.8 Å². The van der Waals surface area contributed by atoms with Gasteiger partial charge in [0, 0.05) is 23.1 Å². The Kier molecular flexibility index (Phi) is 7.54. The molecule has 0 radical (unpaired) electrons. The van der Waals surface area contributed by atoms with E-state index in [1.54, 1.807) is 43.4 Å². The average Bonchev–Trinajstić information content (AvgIpc) is 3.17. The van der Waals surface area contributed by atoms with Crippen molar-refractivity contribution in [1.29, 1.82) is 0 Å². The molecule has 0 aromatic heterocycles. The fourth-order valence-corrected chi connectivity index (χ4v) is 6.00. The van der Waals surface area contributed by atoms with Gasteiger partial charge in [-0.25, -0.2) is 4.39 Å². The van der Waals surface area contributed by atoms with Crippen molar-refractivity contribution in [3.8, 4) is 11.5 Å². The van der Waals surface area contributed by atoms with E-state index in [2.05, 4.69) is 0 Å². The van der Waals surface area contributed by atoms with E-state index in [-0.39, 0.29) is 18.9 Å². The minimum atomic E-state index is -1.28. The average molecular weight is 510 g/mol. The van der Waals surface area contributed by atoms with Crippen LogP contribution < -0.4 is 9.47 Å². The highest BCUT2D eigenvalue weighted by molar-refractivity contribution is 8.01. The van der Waals surface area contributed by atoms with E-state index in [0.717, 1.165) is 16.0 Å². The Morgan fingerprint density at radius 3 is 2.33 bits per heavy atom. The minimum absolute atomic E-state index is 0.0707. The summed E-state index contributed by atoms with van der Waals surface area (Å²) in [6.07, 6.45) is -0.0707. The number of hydrogen-bond donors (Lipinski definition) is 0. The second-order valence-corrected chi connectivity index (χ2v) is 10.0. The molecule has 188 valence electrons. The fourth-order valence-electron chi connectivity index (χ4n) is 4.57. The van der Waals surface area contributed by atoms with Crippen LogP contribution in [0, 0.1) is 12.7 Å². The Bertz CT molecular complexity index is 1250. The van der Waals surface area contributed by atoms with Gasteiger partial charge in [0.2, 0.25) is 5.91 Å². The lowest BCUT2D eigenvalue weighted by molar-refractivity contribution is -0.144. The third-order valence-corrected chi connectivity index (χ3v) is 7.77. The van der Waals surface area contributed by atoms with Gasteiger partial charge in [0.25, 0.3) is 0 Å². The monoisotopic (exact) mass is 509 g/mol. The van der Waals surface area contributed by atoms with E-state index < -0.39 is 22.6 Å². The highest BCUT2D eigenvalue weighted by atomic mass is 32.2. The molecular weight excluding hydrogens is 481 g/mol. The van der Waals surface area contributed by atoms with Crippen LogP contribution in [0.3, 0.4) is 0 Å². The van der Waals surface area contributed by atoms with Crippen LogP contribution in [0.5, 0.6) is 11.5 Å². The molecule has 1 amide bonds. The van der Waals surface area contributed by atoms with Crippen molar-refractivity contribution in [2.45, 2.75) is 35.6 Å².